The number of methoxy groups -OCH3 is 2. The van der Waals surface area contributed by atoms with Gasteiger partial charge in [0.15, 0.2) is 11.5 Å². The minimum atomic E-state index is -0.505. The topological polar surface area (TPSA) is 82.7 Å². The van der Waals surface area contributed by atoms with E-state index < -0.39 is 5.97 Å². The number of benzene rings is 3. The van der Waals surface area contributed by atoms with Crippen LogP contribution in [0.3, 0.4) is 0 Å². The summed E-state index contributed by atoms with van der Waals surface area (Å²) in [6, 6.07) is 23.1. The molecule has 0 radical (unpaired) electrons. The number of para-hydroxylation sites is 1. The third kappa shape index (κ3) is 4.89. The molecule has 0 unspecified atom stereocenters. The summed E-state index contributed by atoms with van der Waals surface area (Å²) in [6.07, 6.45) is 3.55. The number of carbonyl (C=O) groups excluding carboxylic acids is 1. The summed E-state index contributed by atoms with van der Waals surface area (Å²) in [7, 11) is 2.96. The average molecular weight is 483 g/mol. The quantitative estimate of drug-likeness (QED) is 0.281. The molecule has 0 fully saturated rings. The number of hydrogen-bond donors (Lipinski definition) is 0. The van der Waals surface area contributed by atoms with Gasteiger partial charge in [-0.15, -0.1) is 0 Å². The summed E-state index contributed by atoms with van der Waals surface area (Å²) in [6.45, 7) is 2.38. The van der Waals surface area contributed by atoms with E-state index in [1.165, 1.54) is 14.2 Å². The number of esters is 1. The molecule has 4 rings (SSSR count). The van der Waals surface area contributed by atoms with E-state index in [0.29, 0.717) is 34.9 Å². The molecule has 0 N–H and O–H groups in total. The van der Waals surface area contributed by atoms with Crippen LogP contribution >= 0.6 is 0 Å². The maximum absolute atomic E-state index is 12.4. The summed E-state index contributed by atoms with van der Waals surface area (Å²) in [4.78, 5) is 12.4. The van der Waals surface area contributed by atoms with Gasteiger partial charge in [-0.25, -0.2) is 4.79 Å². The van der Waals surface area contributed by atoms with Crippen LogP contribution in [0.15, 0.2) is 79.1 Å². The SMILES string of the molecule is CCOC(=O)c1ccc(-n2cc(C#N)c(-c3ccccc3OCc3ccccc3)c2)c(OC)c1OC. The fourth-order valence-electron chi connectivity index (χ4n) is 3.97. The first-order valence-corrected chi connectivity index (χ1v) is 11.4. The summed E-state index contributed by atoms with van der Waals surface area (Å²) in [5.41, 5.74) is 3.86. The van der Waals surface area contributed by atoms with Gasteiger partial charge in [0.25, 0.3) is 0 Å². The standard InChI is InChI=1S/C29H26N2O5/c1-4-35-29(32)23-14-15-25(28(34-3)27(23)33-2)31-17-21(16-30)24(18-31)22-12-8-9-13-26(22)36-19-20-10-6-5-7-11-20/h5-15,17-18H,4,19H2,1-3H3. The summed E-state index contributed by atoms with van der Waals surface area (Å²) < 4.78 is 24.2. The summed E-state index contributed by atoms with van der Waals surface area (Å²) >= 11 is 0. The van der Waals surface area contributed by atoms with Crippen molar-refractivity contribution >= 4 is 5.97 Å². The fraction of sp³-hybridized carbons (Fsp3) is 0.172. The molecule has 0 atom stereocenters. The molecule has 0 bridgehead atoms. The lowest BCUT2D eigenvalue weighted by molar-refractivity contribution is 0.0522. The number of aromatic nitrogens is 1. The molecule has 182 valence electrons. The Balaban J connectivity index is 1.76. The Kier molecular flexibility index (Phi) is 7.57. The van der Waals surface area contributed by atoms with Crippen molar-refractivity contribution in [2.75, 3.05) is 20.8 Å². The molecule has 0 aliphatic rings. The van der Waals surface area contributed by atoms with Crippen LogP contribution in [-0.4, -0.2) is 31.4 Å². The molecule has 0 spiro atoms. The summed E-state index contributed by atoms with van der Waals surface area (Å²) in [5, 5.41) is 9.92. The van der Waals surface area contributed by atoms with Crippen LogP contribution in [0, 0.1) is 11.3 Å². The van der Waals surface area contributed by atoms with Crippen LogP contribution in [0.4, 0.5) is 0 Å². The largest absolute Gasteiger partial charge is 0.492 e. The number of ether oxygens (including phenoxy) is 4. The minimum absolute atomic E-state index is 0.240. The van der Waals surface area contributed by atoms with Crippen molar-refractivity contribution in [3.05, 3.63) is 95.8 Å². The van der Waals surface area contributed by atoms with Gasteiger partial charge in [-0.3, -0.25) is 0 Å². The second kappa shape index (κ2) is 11.2. The minimum Gasteiger partial charge on any atom is -0.492 e. The van der Waals surface area contributed by atoms with E-state index in [9.17, 15) is 10.1 Å². The Morgan fingerprint density at radius 2 is 1.61 bits per heavy atom. The maximum atomic E-state index is 12.4. The molecular formula is C29H26N2O5. The molecule has 0 aliphatic heterocycles. The highest BCUT2D eigenvalue weighted by Gasteiger charge is 2.23. The van der Waals surface area contributed by atoms with Crippen molar-refractivity contribution in [1.82, 2.24) is 4.57 Å². The van der Waals surface area contributed by atoms with Gasteiger partial charge >= 0.3 is 5.97 Å². The zero-order chi connectivity index (χ0) is 25.5. The third-order valence-electron chi connectivity index (χ3n) is 5.63. The normalized spacial score (nSPS) is 10.4. The predicted octanol–water partition coefficient (Wildman–Crippen LogP) is 5.79. The molecule has 3 aromatic carbocycles. The number of hydrogen-bond acceptors (Lipinski definition) is 6. The van der Waals surface area contributed by atoms with Crippen LogP contribution in [0.25, 0.3) is 16.8 Å². The second-order valence-corrected chi connectivity index (χ2v) is 7.79. The van der Waals surface area contributed by atoms with Crippen molar-refractivity contribution in [1.29, 1.82) is 5.26 Å². The molecular weight excluding hydrogens is 456 g/mol. The van der Waals surface area contributed by atoms with Crippen molar-refractivity contribution in [3.63, 3.8) is 0 Å². The van der Waals surface area contributed by atoms with Gasteiger partial charge in [0.05, 0.1) is 32.1 Å². The Hall–Kier alpha value is -4.70. The van der Waals surface area contributed by atoms with E-state index in [4.69, 9.17) is 18.9 Å². The Bertz CT molecular complexity index is 1400. The fourth-order valence-corrected chi connectivity index (χ4v) is 3.97. The predicted molar refractivity (Wildman–Crippen MR) is 136 cm³/mol. The maximum Gasteiger partial charge on any atom is 0.342 e. The van der Waals surface area contributed by atoms with Crippen LogP contribution in [0.2, 0.25) is 0 Å². The van der Waals surface area contributed by atoms with Crippen molar-refractivity contribution in [2.45, 2.75) is 13.5 Å². The highest BCUT2D eigenvalue weighted by atomic mass is 16.5. The number of carbonyl (C=O) groups is 1. The first-order chi connectivity index (χ1) is 17.6. The zero-order valence-electron chi connectivity index (χ0n) is 20.4. The lowest BCUT2D eigenvalue weighted by atomic mass is 10.0. The van der Waals surface area contributed by atoms with E-state index in [0.717, 1.165) is 11.1 Å². The molecule has 0 saturated carbocycles. The van der Waals surface area contributed by atoms with Crippen molar-refractivity contribution in [2.24, 2.45) is 0 Å². The van der Waals surface area contributed by atoms with Crippen LogP contribution in [-0.2, 0) is 11.3 Å². The molecule has 7 heteroatoms. The monoisotopic (exact) mass is 482 g/mol. The smallest absolute Gasteiger partial charge is 0.342 e. The first kappa shape index (κ1) is 24.4. The van der Waals surface area contributed by atoms with E-state index in [1.807, 2.05) is 60.8 Å². The molecule has 4 aromatic rings. The van der Waals surface area contributed by atoms with Gasteiger partial charge in [-0.1, -0.05) is 48.5 Å². The van der Waals surface area contributed by atoms with Gasteiger partial charge < -0.3 is 23.5 Å². The molecule has 36 heavy (non-hydrogen) atoms. The van der Waals surface area contributed by atoms with Crippen molar-refractivity contribution < 1.29 is 23.7 Å². The lowest BCUT2D eigenvalue weighted by Crippen LogP contribution is -2.09. The molecule has 7 nitrogen and oxygen atoms in total. The Labute approximate surface area is 210 Å². The van der Waals surface area contributed by atoms with Gasteiger partial charge in [0, 0.05) is 23.5 Å². The molecule has 0 amide bonds. The Morgan fingerprint density at radius 1 is 0.889 bits per heavy atom. The van der Waals surface area contributed by atoms with E-state index in [2.05, 4.69) is 6.07 Å². The van der Waals surface area contributed by atoms with Crippen LogP contribution < -0.4 is 14.2 Å². The molecule has 0 aliphatic carbocycles. The van der Waals surface area contributed by atoms with Crippen LogP contribution in [0.1, 0.15) is 28.4 Å². The molecule has 1 aromatic heterocycles. The zero-order valence-corrected chi connectivity index (χ0v) is 20.4. The highest BCUT2D eigenvalue weighted by molar-refractivity contribution is 5.94. The number of nitriles is 1. The second-order valence-electron chi connectivity index (χ2n) is 7.79. The van der Waals surface area contributed by atoms with Gasteiger partial charge in [0.1, 0.15) is 24.0 Å². The first-order valence-electron chi connectivity index (χ1n) is 11.4. The number of nitrogens with zero attached hydrogens (tertiary/aromatic N) is 2. The van der Waals surface area contributed by atoms with E-state index in [1.54, 1.807) is 29.8 Å². The lowest BCUT2D eigenvalue weighted by Gasteiger charge is -2.16. The summed E-state index contributed by atoms with van der Waals surface area (Å²) in [5.74, 6) is 0.768. The van der Waals surface area contributed by atoms with Crippen LogP contribution in [0.5, 0.6) is 17.2 Å². The van der Waals surface area contributed by atoms with E-state index in [-0.39, 0.29) is 17.9 Å². The van der Waals surface area contributed by atoms with Gasteiger partial charge in [-0.2, -0.15) is 5.26 Å². The average Bonchev–Trinajstić information content (AvgIpc) is 3.36. The highest BCUT2D eigenvalue weighted by Crippen LogP contribution is 2.40. The third-order valence-corrected chi connectivity index (χ3v) is 5.63. The number of rotatable bonds is 9. The van der Waals surface area contributed by atoms with Gasteiger partial charge in [-0.05, 0) is 30.7 Å². The van der Waals surface area contributed by atoms with Gasteiger partial charge in [0.2, 0.25) is 0 Å². The molecule has 1 heterocycles. The Morgan fingerprint density at radius 3 is 2.31 bits per heavy atom. The van der Waals surface area contributed by atoms with Crippen molar-refractivity contribution in [3.8, 4) is 40.1 Å². The van der Waals surface area contributed by atoms with E-state index >= 15 is 0 Å². The molecule has 0 saturated heterocycles.